The average Bonchev–Trinajstić information content (AvgIpc) is 2.65. The van der Waals surface area contributed by atoms with Crippen LogP contribution in [0.1, 0.15) is 18.0 Å². The summed E-state index contributed by atoms with van der Waals surface area (Å²) in [4.78, 5) is 24.1. The Hall–Kier alpha value is -2.12. The SMILES string of the molecule is NC(CC(=O)O)C(N)c1ccc2[nH]c(=O)oc2c1. The van der Waals surface area contributed by atoms with E-state index in [4.69, 9.17) is 21.0 Å². The molecule has 0 spiro atoms. The van der Waals surface area contributed by atoms with Gasteiger partial charge in [0.1, 0.15) is 0 Å². The van der Waals surface area contributed by atoms with E-state index in [0.29, 0.717) is 16.7 Å². The average molecular weight is 251 g/mol. The molecule has 0 aliphatic rings. The number of fused-ring (bicyclic) bond motifs is 1. The van der Waals surface area contributed by atoms with Crippen molar-refractivity contribution < 1.29 is 14.3 Å². The third kappa shape index (κ3) is 2.41. The number of rotatable bonds is 4. The molecule has 0 aliphatic heterocycles. The van der Waals surface area contributed by atoms with Crippen LogP contribution in [0.2, 0.25) is 0 Å². The molecule has 0 amide bonds. The highest BCUT2D eigenvalue weighted by Gasteiger charge is 2.19. The van der Waals surface area contributed by atoms with E-state index in [1.165, 1.54) is 0 Å². The van der Waals surface area contributed by atoms with E-state index in [-0.39, 0.29) is 6.42 Å². The van der Waals surface area contributed by atoms with Crippen LogP contribution in [0.15, 0.2) is 27.4 Å². The van der Waals surface area contributed by atoms with Crippen molar-refractivity contribution in [2.45, 2.75) is 18.5 Å². The molecule has 2 atom stereocenters. The van der Waals surface area contributed by atoms with Gasteiger partial charge in [-0.1, -0.05) is 6.07 Å². The zero-order valence-electron chi connectivity index (χ0n) is 9.42. The van der Waals surface area contributed by atoms with Crippen LogP contribution in [0.3, 0.4) is 0 Å². The number of aliphatic carboxylic acids is 1. The number of nitrogens with one attached hydrogen (secondary N) is 1. The minimum atomic E-state index is -1.01. The predicted molar refractivity (Wildman–Crippen MR) is 64.0 cm³/mol. The molecular formula is C11H13N3O4. The van der Waals surface area contributed by atoms with Crippen LogP contribution < -0.4 is 17.2 Å². The van der Waals surface area contributed by atoms with Gasteiger partial charge >= 0.3 is 11.7 Å². The Balaban J connectivity index is 2.29. The quantitative estimate of drug-likeness (QED) is 0.600. The first-order valence-electron chi connectivity index (χ1n) is 5.33. The third-order valence-corrected chi connectivity index (χ3v) is 2.70. The van der Waals surface area contributed by atoms with Crippen molar-refractivity contribution in [2.75, 3.05) is 0 Å². The van der Waals surface area contributed by atoms with E-state index in [9.17, 15) is 9.59 Å². The number of hydrogen-bond donors (Lipinski definition) is 4. The zero-order valence-corrected chi connectivity index (χ0v) is 9.42. The van der Waals surface area contributed by atoms with Crippen LogP contribution in [0, 0.1) is 0 Å². The molecule has 2 unspecified atom stereocenters. The Morgan fingerprint density at radius 3 is 2.83 bits per heavy atom. The minimum Gasteiger partial charge on any atom is -0.481 e. The van der Waals surface area contributed by atoms with Crippen molar-refractivity contribution in [2.24, 2.45) is 11.5 Å². The van der Waals surface area contributed by atoms with Gasteiger partial charge in [0.2, 0.25) is 0 Å². The first kappa shape index (κ1) is 12.3. The number of oxazole rings is 1. The normalized spacial score (nSPS) is 14.6. The third-order valence-electron chi connectivity index (χ3n) is 2.70. The summed E-state index contributed by atoms with van der Waals surface area (Å²) in [7, 11) is 0. The van der Waals surface area contributed by atoms with Crippen LogP contribution in [-0.2, 0) is 4.79 Å². The molecule has 7 heteroatoms. The molecule has 2 rings (SSSR count). The Morgan fingerprint density at radius 1 is 1.44 bits per heavy atom. The molecule has 18 heavy (non-hydrogen) atoms. The number of carboxylic acids is 1. The van der Waals surface area contributed by atoms with Crippen LogP contribution in [0.5, 0.6) is 0 Å². The maximum absolute atomic E-state index is 11.0. The molecule has 0 saturated carbocycles. The van der Waals surface area contributed by atoms with Crippen molar-refractivity contribution in [1.29, 1.82) is 0 Å². The van der Waals surface area contributed by atoms with E-state index in [1.807, 2.05) is 0 Å². The van der Waals surface area contributed by atoms with Gasteiger partial charge in [-0.3, -0.25) is 9.78 Å². The van der Waals surface area contributed by atoms with Crippen LogP contribution >= 0.6 is 0 Å². The van der Waals surface area contributed by atoms with E-state index in [0.717, 1.165) is 0 Å². The first-order valence-corrected chi connectivity index (χ1v) is 5.33. The largest absolute Gasteiger partial charge is 0.481 e. The molecule has 0 fully saturated rings. The monoisotopic (exact) mass is 251 g/mol. The fourth-order valence-electron chi connectivity index (χ4n) is 1.75. The van der Waals surface area contributed by atoms with Gasteiger partial charge in [0.25, 0.3) is 0 Å². The highest BCUT2D eigenvalue weighted by Crippen LogP contribution is 2.19. The lowest BCUT2D eigenvalue weighted by molar-refractivity contribution is -0.137. The second-order valence-electron chi connectivity index (χ2n) is 4.06. The van der Waals surface area contributed by atoms with E-state index >= 15 is 0 Å². The standard InChI is InChI=1S/C11H13N3O4/c12-6(4-9(15)16)10(13)5-1-2-7-8(3-5)18-11(17)14-7/h1-3,6,10H,4,12-13H2,(H,14,17)(H,15,16). The van der Waals surface area contributed by atoms with Crippen LogP contribution in [0.4, 0.5) is 0 Å². The number of hydrogen-bond acceptors (Lipinski definition) is 5. The van der Waals surface area contributed by atoms with Gasteiger partial charge in [-0.05, 0) is 17.7 Å². The fraction of sp³-hybridized carbons (Fsp3) is 0.273. The van der Waals surface area contributed by atoms with Gasteiger partial charge < -0.3 is 21.0 Å². The predicted octanol–water partition coefficient (Wildman–Crippen LogP) is -0.0771. The second kappa shape index (κ2) is 4.63. The van der Waals surface area contributed by atoms with E-state index in [1.54, 1.807) is 18.2 Å². The number of carbonyl (C=O) groups is 1. The first-order chi connectivity index (χ1) is 8.47. The van der Waals surface area contributed by atoms with E-state index in [2.05, 4.69) is 4.98 Å². The minimum absolute atomic E-state index is 0.226. The molecule has 0 saturated heterocycles. The lowest BCUT2D eigenvalue weighted by atomic mass is 9.98. The molecule has 1 aromatic heterocycles. The second-order valence-corrected chi connectivity index (χ2v) is 4.06. The van der Waals surface area contributed by atoms with Gasteiger partial charge in [-0.15, -0.1) is 0 Å². The Bertz CT molecular complexity index is 630. The molecule has 6 N–H and O–H groups in total. The highest BCUT2D eigenvalue weighted by atomic mass is 16.4. The van der Waals surface area contributed by atoms with Gasteiger partial charge in [-0.2, -0.15) is 0 Å². The van der Waals surface area contributed by atoms with Crippen molar-refractivity contribution >= 4 is 17.1 Å². The number of nitrogens with two attached hydrogens (primary N) is 2. The fourth-order valence-corrected chi connectivity index (χ4v) is 1.75. The topological polar surface area (TPSA) is 135 Å². The summed E-state index contributed by atoms with van der Waals surface area (Å²) >= 11 is 0. The number of H-pyrrole nitrogens is 1. The van der Waals surface area contributed by atoms with Crippen LogP contribution in [-0.4, -0.2) is 22.1 Å². The van der Waals surface area contributed by atoms with Crippen molar-refractivity contribution in [3.8, 4) is 0 Å². The lowest BCUT2D eigenvalue weighted by Crippen LogP contribution is -2.35. The molecule has 0 radical (unpaired) electrons. The number of benzene rings is 1. The zero-order chi connectivity index (χ0) is 13.3. The van der Waals surface area contributed by atoms with Crippen molar-refractivity contribution in [3.05, 3.63) is 34.3 Å². The summed E-state index contributed by atoms with van der Waals surface area (Å²) in [5.74, 6) is -1.56. The summed E-state index contributed by atoms with van der Waals surface area (Å²) < 4.78 is 4.90. The summed E-state index contributed by atoms with van der Waals surface area (Å²) in [5, 5.41) is 8.65. The van der Waals surface area contributed by atoms with Crippen LogP contribution in [0.25, 0.3) is 11.1 Å². The maximum Gasteiger partial charge on any atom is 0.417 e. The summed E-state index contributed by atoms with van der Waals surface area (Å²) in [5.41, 5.74) is 13.1. The number of aromatic nitrogens is 1. The summed E-state index contributed by atoms with van der Waals surface area (Å²) in [6.45, 7) is 0. The summed E-state index contributed by atoms with van der Waals surface area (Å²) in [6.07, 6.45) is -0.226. The Morgan fingerprint density at radius 2 is 2.17 bits per heavy atom. The smallest absolute Gasteiger partial charge is 0.417 e. The van der Waals surface area contributed by atoms with Gasteiger partial charge in [0.05, 0.1) is 11.9 Å². The molecular weight excluding hydrogens is 238 g/mol. The number of carboxylic acid groups (broad SMARTS) is 1. The Kier molecular flexibility index (Phi) is 3.17. The highest BCUT2D eigenvalue weighted by molar-refractivity contribution is 5.73. The number of aromatic amines is 1. The van der Waals surface area contributed by atoms with Gasteiger partial charge in [0.15, 0.2) is 5.58 Å². The molecule has 7 nitrogen and oxygen atoms in total. The van der Waals surface area contributed by atoms with Gasteiger partial charge in [-0.25, -0.2) is 4.79 Å². The maximum atomic E-state index is 11.0. The molecule has 1 aromatic carbocycles. The molecule has 2 aromatic rings. The Labute approximate surface area is 101 Å². The van der Waals surface area contributed by atoms with E-state index < -0.39 is 23.8 Å². The molecule has 0 aliphatic carbocycles. The molecule has 96 valence electrons. The summed E-state index contributed by atoms with van der Waals surface area (Å²) in [6, 6.07) is 3.57. The van der Waals surface area contributed by atoms with Crippen molar-refractivity contribution in [3.63, 3.8) is 0 Å². The van der Waals surface area contributed by atoms with Crippen molar-refractivity contribution in [1.82, 2.24) is 4.98 Å². The molecule has 0 bridgehead atoms. The van der Waals surface area contributed by atoms with Gasteiger partial charge in [0, 0.05) is 12.1 Å². The molecule has 1 heterocycles. The lowest BCUT2D eigenvalue weighted by Gasteiger charge is -2.18.